The summed E-state index contributed by atoms with van der Waals surface area (Å²) in [7, 11) is 0. The van der Waals surface area contributed by atoms with Gasteiger partial charge < -0.3 is 5.32 Å². The smallest absolute Gasteiger partial charge is 0.304 e. The van der Waals surface area contributed by atoms with Crippen LogP contribution in [-0.4, -0.2) is 25.9 Å². The summed E-state index contributed by atoms with van der Waals surface area (Å²) in [5.41, 5.74) is -1.73. The minimum absolute atomic E-state index is 0.176. The second-order valence-electron chi connectivity index (χ2n) is 5.79. The van der Waals surface area contributed by atoms with E-state index in [0.717, 1.165) is 11.5 Å². The van der Waals surface area contributed by atoms with Crippen LogP contribution in [0.25, 0.3) is 10.1 Å². The lowest BCUT2D eigenvalue weighted by atomic mass is 10.2. The number of halogens is 5. The molecule has 0 spiro atoms. The molecule has 12 heteroatoms. The largest absolute Gasteiger partial charge is 0.435 e. The Balaban J connectivity index is 2.07. The van der Waals surface area contributed by atoms with Crippen LogP contribution >= 0.6 is 34.7 Å². The van der Waals surface area contributed by atoms with Gasteiger partial charge in [0.1, 0.15) is 5.69 Å². The van der Waals surface area contributed by atoms with E-state index >= 15 is 0 Å². The van der Waals surface area contributed by atoms with Crippen LogP contribution in [0.3, 0.4) is 0 Å². The zero-order chi connectivity index (χ0) is 22.1. The maximum Gasteiger partial charge on any atom is 0.435 e. The first kappa shape index (κ1) is 22.0. The van der Waals surface area contributed by atoms with Crippen LogP contribution in [0.4, 0.5) is 19.0 Å². The van der Waals surface area contributed by atoms with Crippen LogP contribution in [-0.2, 0) is 6.18 Å². The van der Waals surface area contributed by atoms with Crippen molar-refractivity contribution in [3.8, 4) is 0 Å². The third-order valence-corrected chi connectivity index (χ3v) is 4.90. The van der Waals surface area contributed by atoms with Gasteiger partial charge in [-0.15, -0.1) is 0 Å². The van der Waals surface area contributed by atoms with Crippen LogP contribution in [0.5, 0.6) is 0 Å². The predicted molar refractivity (Wildman–Crippen MR) is 112 cm³/mol. The Morgan fingerprint density at radius 1 is 1.37 bits per heavy atom. The highest BCUT2D eigenvalue weighted by Crippen LogP contribution is 2.31. The normalized spacial score (nSPS) is 12.7. The van der Waals surface area contributed by atoms with E-state index in [1.54, 1.807) is 25.1 Å². The Hall–Kier alpha value is -2.69. The monoisotopic (exact) mass is 473 g/mol. The molecule has 3 rings (SSSR count). The van der Waals surface area contributed by atoms with E-state index in [2.05, 4.69) is 26.4 Å². The van der Waals surface area contributed by atoms with E-state index in [4.69, 9.17) is 23.2 Å². The Bertz CT molecular complexity index is 1200. The summed E-state index contributed by atoms with van der Waals surface area (Å²) in [5, 5.41) is 6.84. The summed E-state index contributed by atoms with van der Waals surface area (Å²) in [4.78, 5) is 16.8. The lowest BCUT2D eigenvalue weighted by Crippen LogP contribution is -2.23. The van der Waals surface area contributed by atoms with Gasteiger partial charge in [-0.3, -0.25) is 4.79 Å². The summed E-state index contributed by atoms with van der Waals surface area (Å²) >= 11 is 12.9. The molecule has 0 fully saturated rings. The van der Waals surface area contributed by atoms with Crippen molar-refractivity contribution in [3.63, 3.8) is 0 Å². The fourth-order valence-corrected chi connectivity index (χ4v) is 3.54. The van der Waals surface area contributed by atoms with E-state index in [0.29, 0.717) is 25.9 Å². The van der Waals surface area contributed by atoms with E-state index in [-0.39, 0.29) is 16.7 Å². The molecular formula is C18H12Cl2F3N5OS. The first-order valence-electron chi connectivity index (χ1n) is 8.19. The molecule has 6 nitrogen and oxygen atoms in total. The third kappa shape index (κ3) is 4.55. The Morgan fingerprint density at radius 3 is 2.73 bits per heavy atom. The number of anilines is 1. The molecule has 0 atom stereocenters. The fourth-order valence-electron chi connectivity index (χ4n) is 2.40. The number of rotatable bonds is 4. The van der Waals surface area contributed by atoms with Crippen molar-refractivity contribution < 1.29 is 18.0 Å². The molecule has 1 N–H and O–H groups in total. The van der Waals surface area contributed by atoms with E-state index in [1.807, 2.05) is 0 Å². The lowest BCUT2D eigenvalue weighted by molar-refractivity contribution is -0.141. The molecule has 2 aromatic heterocycles. The number of aliphatic imine (C=N–C) groups is 1. The number of nitrogens with one attached hydrogen (secondary N) is 1. The van der Waals surface area contributed by atoms with Crippen molar-refractivity contribution in [2.75, 3.05) is 5.32 Å². The number of carbonyl (C=O) groups excluding carboxylic acids is 1. The van der Waals surface area contributed by atoms with Gasteiger partial charge in [-0.2, -0.15) is 22.6 Å². The number of allylic oxidation sites excluding steroid dienone is 2. The summed E-state index contributed by atoms with van der Waals surface area (Å²) in [6.07, 6.45) is -1.97. The SMILES string of the molecule is C=C(Cl)C(=N/C=C\C)n1nc(C(F)(F)F)cc1C(=O)Nc1nsc2cc(Cl)ccc12. The molecule has 1 amide bonds. The van der Waals surface area contributed by atoms with Gasteiger partial charge in [0.15, 0.2) is 17.3 Å². The highest BCUT2D eigenvalue weighted by atomic mass is 35.5. The lowest BCUT2D eigenvalue weighted by Gasteiger charge is -2.08. The zero-order valence-electron chi connectivity index (χ0n) is 15.2. The number of alkyl halides is 3. The van der Waals surface area contributed by atoms with E-state index in [9.17, 15) is 18.0 Å². The molecule has 0 radical (unpaired) electrons. The van der Waals surface area contributed by atoms with Crippen LogP contribution < -0.4 is 5.32 Å². The first-order chi connectivity index (χ1) is 14.1. The molecule has 0 saturated carbocycles. The van der Waals surface area contributed by atoms with Gasteiger partial charge in [-0.05, 0) is 36.7 Å². The average Bonchev–Trinajstić information content (AvgIpc) is 3.26. The fraction of sp³-hybridized carbons (Fsp3) is 0.111. The van der Waals surface area contributed by atoms with Crippen molar-refractivity contribution in [1.29, 1.82) is 0 Å². The van der Waals surface area contributed by atoms with Crippen LogP contribution in [0, 0.1) is 0 Å². The third-order valence-electron chi connectivity index (χ3n) is 3.69. The van der Waals surface area contributed by atoms with Crippen LogP contribution in [0.2, 0.25) is 5.02 Å². The number of carbonyl (C=O) groups is 1. The summed E-state index contributed by atoms with van der Waals surface area (Å²) in [6, 6.07) is 5.52. The number of amides is 1. The van der Waals surface area contributed by atoms with Gasteiger partial charge in [0.25, 0.3) is 5.91 Å². The maximum absolute atomic E-state index is 13.2. The number of aromatic nitrogens is 3. The highest BCUT2D eigenvalue weighted by Gasteiger charge is 2.37. The molecule has 3 aromatic rings. The molecule has 0 aliphatic heterocycles. The molecule has 0 aliphatic carbocycles. The molecule has 30 heavy (non-hydrogen) atoms. The van der Waals surface area contributed by atoms with Gasteiger partial charge in [0.2, 0.25) is 0 Å². The van der Waals surface area contributed by atoms with Crippen LogP contribution in [0.15, 0.2) is 53.1 Å². The number of hydrogen-bond acceptors (Lipinski definition) is 5. The van der Waals surface area contributed by atoms with Gasteiger partial charge in [-0.25, -0.2) is 9.67 Å². The van der Waals surface area contributed by atoms with Crippen molar-refractivity contribution in [2.45, 2.75) is 13.1 Å². The van der Waals surface area contributed by atoms with Gasteiger partial charge >= 0.3 is 6.18 Å². The Morgan fingerprint density at radius 2 is 2.10 bits per heavy atom. The molecule has 156 valence electrons. The van der Waals surface area contributed by atoms with Crippen molar-refractivity contribution in [3.05, 3.63) is 64.6 Å². The standard InChI is InChI=1S/C18H12Cl2F3N5OS/c1-3-6-24-16(9(2)19)28-12(8-14(26-28)18(21,22)23)17(29)25-15-11-5-4-10(20)7-13(11)30-27-15/h3-8H,2H2,1H3,(H,25,27,29)/b6-3-,24-16?. The summed E-state index contributed by atoms with van der Waals surface area (Å²) in [5.74, 6) is -0.939. The summed E-state index contributed by atoms with van der Waals surface area (Å²) < 4.78 is 45.3. The Labute approximate surface area is 182 Å². The topological polar surface area (TPSA) is 72.2 Å². The number of nitrogens with zero attached hydrogens (tertiary/aromatic N) is 4. The van der Waals surface area contributed by atoms with E-state index in [1.165, 1.54) is 12.3 Å². The van der Waals surface area contributed by atoms with Crippen molar-refractivity contribution in [2.24, 2.45) is 4.99 Å². The first-order valence-corrected chi connectivity index (χ1v) is 9.72. The highest BCUT2D eigenvalue weighted by molar-refractivity contribution is 7.13. The molecule has 1 aromatic carbocycles. The quantitative estimate of drug-likeness (QED) is 0.375. The molecule has 2 heterocycles. The second-order valence-corrected chi connectivity index (χ2v) is 7.49. The maximum atomic E-state index is 13.2. The molecule has 0 bridgehead atoms. The van der Waals surface area contributed by atoms with E-state index < -0.39 is 23.5 Å². The number of hydrogen-bond donors (Lipinski definition) is 1. The molecule has 0 aliphatic rings. The van der Waals surface area contributed by atoms with Gasteiger partial charge in [-0.1, -0.05) is 35.9 Å². The van der Waals surface area contributed by atoms with Gasteiger partial charge in [0, 0.05) is 22.7 Å². The number of benzene rings is 1. The second kappa shape index (κ2) is 8.58. The summed E-state index contributed by atoms with van der Waals surface area (Å²) in [6.45, 7) is 5.13. The molecule has 0 saturated heterocycles. The van der Waals surface area contributed by atoms with Crippen molar-refractivity contribution in [1.82, 2.24) is 14.2 Å². The average molecular weight is 474 g/mol. The Kier molecular flexibility index (Phi) is 6.30. The van der Waals surface area contributed by atoms with Crippen LogP contribution in [0.1, 0.15) is 23.1 Å². The van der Waals surface area contributed by atoms with Crippen molar-refractivity contribution >= 4 is 62.4 Å². The molecular weight excluding hydrogens is 462 g/mol. The van der Waals surface area contributed by atoms with Gasteiger partial charge in [0.05, 0.1) is 9.73 Å². The minimum atomic E-state index is -4.79. The number of fused-ring (bicyclic) bond motifs is 1. The predicted octanol–water partition coefficient (Wildman–Crippen LogP) is 5.95. The minimum Gasteiger partial charge on any atom is -0.304 e. The molecule has 0 unspecified atom stereocenters. The zero-order valence-corrected chi connectivity index (χ0v) is 17.5.